The van der Waals surface area contributed by atoms with Crippen LogP contribution in [0.3, 0.4) is 0 Å². The lowest BCUT2D eigenvalue weighted by atomic mass is 10.2. The number of hydrogen-bond acceptors (Lipinski definition) is 0. The van der Waals surface area contributed by atoms with Crippen LogP contribution < -0.4 is 0 Å². The predicted molar refractivity (Wildman–Crippen MR) is 48.1 cm³/mol. The second kappa shape index (κ2) is 4.89. The summed E-state index contributed by atoms with van der Waals surface area (Å²) in [6.07, 6.45) is 3.85. The maximum Gasteiger partial charge on any atom is 0.0999 e. The molecule has 0 aromatic carbocycles. The Morgan fingerprint density at radius 2 is 1.91 bits per heavy atom. The SMILES string of the molecule is C=C(C)/C=C(C)\C=C(\F)CC. The van der Waals surface area contributed by atoms with Gasteiger partial charge in [0.1, 0.15) is 0 Å². The van der Waals surface area contributed by atoms with Gasteiger partial charge in [-0.25, -0.2) is 4.39 Å². The lowest BCUT2D eigenvalue weighted by Crippen LogP contribution is -1.74. The zero-order valence-corrected chi connectivity index (χ0v) is 7.45. The molecule has 0 aromatic rings. The third kappa shape index (κ3) is 5.59. The molecule has 0 rings (SSSR count). The van der Waals surface area contributed by atoms with Crippen LogP contribution in [-0.4, -0.2) is 0 Å². The first-order chi connectivity index (χ1) is 5.06. The monoisotopic (exact) mass is 154 g/mol. The summed E-state index contributed by atoms with van der Waals surface area (Å²) in [5, 5.41) is 0. The molecule has 0 unspecified atom stereocenters. The van der Waals surface area contributed by atoms with E-state index in [0.29, 0.717) is 6.42 Å². The van der Waals surface area contributed by atoms with Crippen LogP contribution in [-0.2, 0) is 0 Å². The molecule has 0 bridgehead atoms. The van der Waals surface area contributed by atoms with Gasteiger partial charge in [0.05, 0.1) is 5.83 Å². The van der Waals surface area contributed by atoms with E-state index in [1.54, 1.807) is 6.92 Å². The Kier molecular flexibility index (Phi) is 4.51. The van der Waals surface area contributed by atoms with Gasteiger partial charge in [-0.1, -0.05) is 25.2 Å². The van der Waals surface area contributed by atoms with E-state index in [2.05, 4.69) is 6.58 Å². The molecule has 0 fully saturated rings. The van der Waals surface area contributed by atoms with Crippen molar-refractivity contribution >= 4 is 0 Å². The Balaban J connectivity index is 4.26. The molecule has 11 heavy (non-hydrogen) atoms. The van der Waals surface area contributed by atoms with Gasteiger partial charge >= 0.3 is 0 Å². The second-order valence-electron chi connectivity index (χ2n) is 2.68. The molecule has 0 saturated heterocycles. The van der Waals surface area contributed by atoms with Crippen LogP contribution in [0.15, 0.2) is 35.7 Å². The molecule has 0 heterocycles. The van der Waals surface area contributed by atoms with Crippen molar-refractivity contribution in [3.05, 3.63) is 35.7 Å². The third-order valence-corrected chi connectivity index (χ3v) is 1.20. The quantitative estimate of drug-likeness (QED) is 0.543. The van der Waals surface area contributed by atoms with E-state index < -0.39 is 0 Å². The van der Waals surface area contributed by atoms with E-state index in [9.17, 15) is 4.39 Å². The molecule has 0 N–H and O–H groups in total. The molecule has 0 saturated carbocycles. The molecule has 0 aliphatic carbocycles. The normalized spacial score (nSPS) is 13.5. The van der Waals surface area contributed by atoms with Crippen molar-refractivity contribution in [3.63, 3.8) is 0 Å². The van der Waals surface area contributed by atoms with E-state index in [-0.39, 0.29) is 5.83 Å². The molecular weight excluding hydrogens is 139 g/mol. The zero-order chi connectivity index (χ0) is 8.85. The predicted octanol–water partition coefficient (Wildman–Crippen LogP) is 3.77. The van der Waals surface area contributed by atoms with Crippen molar-refractivity contribution in [2.75, 3.05) is 0 Å². The lowest BCUT2D eigenvalue weighted by molar-refractivity contribution is 0.603. The van der Waals surface area contributed by atoms with Crippen LogP contribution in [0.2, 0.25) is 0 Å². The largest absolute Gasteiger partial charge is 0.212 e. The van der Waals surface area contributed by atoms with Gasteiger partial charge in [-0.2, -0.15) is 0 Å². The van der Waals surface area contributed by atoms with Crippen molar-refractivity contribution in [2.24, 2.45) is 0 Å². The van der Waals surface area contributed by atoms with E-state index in [1.807, 2.05) is 19.9 Å². The summed E-state index contributed by atoms with van der Waals surface area (Å²) in [5.74, 6) is -0.0833. The maximum atomic E-state index is 12.6. The first-order valence-corrected chi connectivity index (χ1v) is 3.76. The van der Waals surface area contributed by atoms with Crippen molar-refractivity contribution in [3.8, 4) is 0 Å². The number of rotatable bonds is 3. The fourth-order valence-corrected chi connectivity index (χ4v) is 0.779. The van der Waals surface area contributed by atoms with E-state index in [4.69, 9.17) is 0 Å². The van der Waals surface area contributed by atoms with Crippen molar-refractivity contribution in [1.82, 2.24) is 0 Å². The summed E-state index contributed by atoms with van der Waals surface area (Å²) in [5.41, 5.74) is 1.86. The Morgan fingerprint density at radius 3 is 2.27 bits per heavy atom. The molecule has 0 amide bonds. The zero-order valence-electron chi connectivity index (χ0n) is 7.45. The van der Waals surface area contributed by atoms with Gasteiger partial charge in [-0.3, -0.25) is 0 Å². The first-order valence-electron chi connectivity index (χ1n) is 3.76. The standard InChI is InChI=1S/C10H15F/c1-5-10(11)7-9(4)6-8(2)3/h6-7H,2,5H2,1,3-4H3/b9-6-,10-7+. The summed E-state index contributed by atoms with van der Waals surface area (Å²) in [4.78, 5) is 0. The van der Waals surface area contributed by atoms with Crippen molar-refractivity contribution in [2.45, 2.75) is 27.2 Å². The minimum absolute atomic E-state index is 0.0833. The summed E-state index contributed by atoms with van der Waals surface area (Å²) in [6, 6.07) is 0. The molecule has 0 atom stereocenters. The summed E-state index contributed by atoms with van der Waals surface area (Å²) in [6.45, 7) is 9.25. The number of halogens is 1. The van der Waals surface area contributed by atoms with Crippen LogP contribution in [0, 0.1) is 0 Å². The minimum atomic E-state index is -0.0833. The molecule has 0 radical (unpaired) electrons. The Bertz CT molecular complexity index is 197. The van der Waals surface area contributed by atoms with Gasteiger partial charge in [0.15, 0.2) is 0 Å². The van der Waals surface area contributed by atoms with Gasteiger partial charge in [-0.05, 0) is 31.9 Å². The second-order valence-corrected chi connectivity index (χ2v) is 2.68. The smallest absolute Gasteiger partial charge is 0.0999 e. The fraction of sp³-hybridized carbons (Fsp3) is 0.400. The molecule has 0 aliphatic heterocycles. The maximum absolute atomic E-state index is 12.6. The molecule has 0 spiro atoms. The van der Waals surface area contributed by atoms with E-state index in [1.165, 1.54) is 6.08 Å². The highest BCUT2D eigenvalue weighted by molar-refractivity contribution is 5.26. The van der Waals surface area contributed by atoms with Crippen LogP contribution in [0.5, 0.6) is 0 Å². The first kappa shape index (κ1) is 10.2. The molecule has 0 aliphatic rings. The topological polar surface area (TPSA) is 0 Å². The molecule has 62 valence electrons. The molecule has 1 heteroatoms. The average Bonchev–Trinajstić information content (AvgIpc) is 1.85. The summed E-state index contributed by atoms with van der Waals surface area (Å²) in [7, 11) is 0. The highest BCUT2D eigenvalue weighted by Gasteiger charge is 1.89. The van der Waals surface area contributed by atoms with Crippen molar-refractivity contribution in [1.29, 1.82) is 0 Å². The lowest BCUT2D eigenvalue weighted by Gasteiger charge is -1.93. The Hall–Kier alpha value is -0.850. The van der Waals surface area contributed by atoms with Crippen molar-refractivity contribution < 1.29 is 4.39 Å². The highest BCUT2D eigenvalue weighted by Crippen LogP contribution is 2.08. The highest BCUT2D eigenvalue weighted by atomic mass is 19.1. The fourth-order valence-electron chi connectivity index (χ4n) is 0.779. The Morgan fingerprint density at radius 1 is 1.36 bits per heavy atom. The van der Waals surface area contributed by atoms with Gasteiger partial charge in [-0.15, -0.1) is 0 Å². The Labute approximate surface area is 68.1 Å². The number of hydrogen-bond donors (Lipinski definition) is 0. The van der Waals surface area contributed by atoms with Crippen LogP contribution in [0.1, 0.15) is 27.2 Å². The minimum Gasteiger partial charge on any atom is -0.212 e. The van der Waals surface area contributed by atoms with Gasteiger partial charge in [0.2, 0.25) is 0 Å². The molecular formula is C10H15F. The number of allylic oxidation sites excluding steroid dienone is 5. The summed E-state index contributed by atoms with van der Waals surface area (Å²) < 4.78 is 12.6. The van der Waals surface area contributed by atoms with Gasteiger partial charge in [0, 0.05) is 0 Å². The average molecular weight is 154 g/mol. The van der Waals surface area contributed by atoms with Gasteiger partial charge < -0.3 is 0 Å². The molecule has 0 aromatic heterocycles. The van der Waals surface area contributed by atoms with Gasteiger partial charge in [0.25, 0.3) is 0 Å². The van der Waals surface area contributed by atoms with E-state index in [0.717, 1.165) is 11.1 Å². The van der Waals surface area contributed by atoms with Crippen LogP contribution in [0.25, 0.3) is 0 Å². The molecule has 0 nitrogen and oxygen atoms in total. The summed E-state index contributed by atoms with van der Waals surface area (Å²) >= 11 is 0. The van der Waals surface area contributed by atoms with E-state index >= 15 is 0 Å². The van der Waals surface area contributed by atoms with Crippen LogP contribution in [0.4, 0.5) is 4.39 Å². The van der Waals surface area contributed by atoms with Crippen LogP contribution >= 0.6 is 0 Å². The third-order valence-electron chi connectivity index (χ3n) is 1.20.